The smallest absolute Gasteiger partial charge is 0.248 e. The van der Waals surface area contributed by atoms with Crippen molar-refractivity contribution in [1.82, 2.24) is 14.7 Å². The fourth-order valence-electron chi connectivity index (χ4n) is 2.19. The van der Waals surface area contributed by atoms with Crippen LogP contribution in [0.5, 0.6) is 0 Å². The van der Waals surface area contributed by atoms with Gasteiger partial charge in [-0.25, -0.2) is 0 Å². The van der Waals surface area contributed by atoms with Gasteiger partial charge in [-0.1, -0.05) is 0 Å². The molecule has 1 aromatic heterocycles. The summed E-state index contributed by atoms with van der Waals surface area (Å²) < 4.78 is 1.63. The highest BCUT2D eigenvalue weighted by molar-refractivity contribution is 5.80. The van der Waals surface area contributed by atoms with Crippen LogP contribution in [0, 0.1) is 11.3 Å². The second-order valence-corrected chi connectivity index (χ2v) is 4.33. The number of hydrogen-bond donors (Lipinski definition) is 0. The van der Waals surface area contributed by atoms with Gasteiger partial charge >= 0.3 is 0 Å². The SMILES string of the molecule is CC(C(=O)N1CCCCC1C#N)n1cccn1. The number of carbonyl (C=O) groups excluding carboxylic acids is 1. The van der Waals surface area contributed by atoms with Crippen molar-refractivity contribution in [3.63, 3.8) is 0 Å². The Bertz CT molecular complexity index is 420. The van der Waals surface area contributed by atoms with E-state index in [0.29, 0.717) is 6.54 Å². The predicted molar refractivity (Wildman–Crippen MR) is 61.9 cm³/mol. The lowest BCUT2D eigenvalue weighted by atomic mass is 10.0. The van der Waals surface area contributed by atoms with Gasteiger partial charge in [-0.15, -0.1) is 0 Å². The van der Waals surface area contributed by atoms with Crippen molar-refractivity contribution in [2.75, 3.05) is 6.54 Å². The Morgan fingerprint density at radius 2 is 2.41 bits per heavy atom. The summed E-state index contributed by atoms with van der Waals surface area (Å²) in [5.74, 6) is -0.0139. The van der Waals surface area contributed by atoms with Gasteiger partial charge in [0, 0.05) is 18.9 Å². The molecule has 2 unspecified atom stereocenters. The summed E-state index contributed by atoms with van der Waals surface area (Å²) in [7, 11) is 0. The van der Waals surface area contributed by atoms with Gasteiger partial charge in [-0.3, -0.25) is 9.48 Å². The van der Waals surface area contributed by atoms with Crippen LogP contribution < -0.4 is 0 Å². The number of piperidine rings is 1. The minimum absolute atomic E-state index is 0.0139. The van der Waals surface area contributed by atoms with Gasteiger partial charge in [-0.05, 0) is 32.3 Å². The topological polar surface area (TPSA) is 61.9 Å². The van der Waals surface area contributed by atoms with Crippen molar-refractivity contribution in [3.05, 3.63) is 18.5 Å². The second kappa shape index (κ2) is 5.00. The zero-order valence-electron chi connectivity index (χ0n) is 9.91. The number of aromatic nitrogens is 2. The maximum atomic E-state index is 12.3. The summed E-state index contributed by atoms with van der Waals surface area (Å²) in [5, 5.41) is 13.1. The van der Waals surface area contributed by atoms with Crippen LogP contribution >= 0.6 is 0 Å². The third-order valence-corrected chi connectivity index (χ3v) is 3.21. The lowest BCUT2D eigenvalue weighted by Crippen LogP contribution is -2.45. The highest BCUT2D eigenvalue weighted by Crippen LogP contribution is 2.20. The minimum atomic E-state index is -0.334. The lowest BCUT2D eigenvalue weighted by molar-refractivity contribution is -0.137. The van der Waals surface area contributed by atoms with Gasteiger partial charge in [0.15, 0.2) is 0 Å². The molecular formula is C12H16N4O. The molecule has 2 heterocycles. The molecule has 0 radical (unpaired) electrons. The monoisotopic (exact) mass is 232 g/mol. The van der Waals surface area contributed by atoms with Gasteiger partial charge in [0.1, 0.15) is 12.1 Å². The molecule has 0 aromatic carbocycles. The molecule has 0 spiro atoms. The molecule has 1 fully saturated rings. The van der Waals surface area contributed by atoms with Crippen LogP contribution in [0.4, 0.5) is 0 Å². The molecule has 0 aliphatic carbocycles. The van der Waals surface area contributed by atoms with E-state index in [0.717, 1.165) is 19.3 Å². The molecule has 1 aromatic rings. The fraction of sp³-hybridized carbons (Fsp3) is 0.583. The molecule has 0 N–H and O–H groups in total. The summed E-state index contributed by atoms with van der Waals surface area (Å²) in [6, 6.07) is 3.40. The van der Waals surface area contributed by atoms with E-state index in [1.54, 1.807) is 28.0 Å². The maximum absolute atomic E-state index is 12.3. The second-order valence-electron chi connectivity index (χ2n) is 4.33. The molecule has 90 valence electrons. The van der Waals surface area contributed by atoms with Crippen molar-refractivity contribution in [2.45, 2.75) is 38.3 Å². The maximum Gasteiger partial charge on any atom is 0.248 e. The number of rotatable bonds is 2. The summed E-state index contributed by atoms with van der Waals surface area (Å²) in [5.41, 5.74) is 0. The van der Waals surface area contributed by atoms with Crippen LogP contribution in [0.25, 0.3) is 0 Å². The molecule has 1 saturated heterocycles. The lowest BCUT2D eigenvalue weighted by Gasteiger charge is -2.33. The Morgan fingerprint density at radius 3 is 3.06 bits per heavy atom. The fourth-order valence-corrected chi connectivity index (χ4v) is 2.19. The van der Waals surface area contributed by atoms with Crippen LogP contribution in [0.1, 0.15) is 32.2 Å². The van der Waals surface area contributed by atoms with Crippen molar-refractivity contribution >= 4 is 5.91 Å². The molecule has 2 rings (SSSR count). The van der Waals surface area contributed by atoms with Crippen LogP contribution in [0.2, 0.25) is 0 Å². The van der Waals surface area contributed by atoms with Crippen molar-refractivity contribution in [2.24, 2.45) is 0 Å². The third kappa shape index (κ3) is 2.31. The molecule has 17 heavy (non-hydrogen) atoms. The minimum Gasteiger partial charge on any atom is -0.325 e. The summed E-state index contributed by atoms with van der Waals surface area (Å²) in [6.07, 6.45) is 6.22. The number of hydrogen-bond acceptors (Lipinski definition) is 3. The van der Waals surface area contributed by atoms with E-state index in [1.165, 1.54) is 0 Å². The molecule has 1 amide bonds. The Morgan fingerprint density at radius 1 is 1.59 bits per heavy atom. The van der Waals surface area contributed by atoms with Gasteiger partial charge in [0.2, 0.25) is 5.91 Å². The van der Waals surface area contributed by atoms with E-state index >= 15 is 0 Å². The van der Waals surface area contributed by atoms with Gasteiger partial charge in [-0.2, -0.15) is 10.4 Å². The summed E-state index contributed by atoms with van der Waals surface area (Å²) in [6.45, 7) is 2.50. The first-order valence-electron chi connectivity index (χ1n) is 5.93. The Hall–Kier alpha value is -1.83. The standard InChI is InChI=1S/C12H16N4O/c1-10(16-8-4-6-14-16)12(17)15-7-3-2-5-11(15)9-13/h4,6,8,10-11H,2-3,5,7H2,1H3. The van der Waals surface area contributed by atoms with Crippen molar-refractivity contribution < 1.29 is 4.79 Å². The number of carbonyl (C=O) groups is 1. The van der Waals surface area contributed by atoms with Crippen LogP contribution in [0.15, 0.2) is 18.5 Å². The van der Waals surface area contributed by atoms with E-state index in [9.17, 15) is 4.79 Å². The molecular weight excluding hydrogens is 216 g/mol. The van der Waals surface area contributed by atoms with Crippen molar-refractivity contribution in [1.29, 1.82) is 5.26 Å². The normalized spacial score (nSPS) is 21.9. The van der Waals surface area contributed by atoms with E-state index in [1.807, 2.05) is 6.92 Å². The number of likely N-dealkylation sites (tertiary alicyclic amines) is 1. The third-order valence-electron chi connectivity index (χ3n) is 3.21. The summed E-state index contributed by atoms with van der Waals surface area (Å²) in [4.78, 5) is 14.0. The van der Waals surface area contributed by atoms with E-state index in [4.69, 9.17) is 5.26 Å². The van der Waals surface area contributed by atoms with E-state index in [2.05, 4.69) is 11.2 Å². The average Bonchev–Trinajstić information content (AvgIpc) is 2.90. The number of amides is 1. The molecule has 5 nitrogen and oxygen atoms in total. The number of nitrogens with zero attached hydrogens (tertiary/aromatic N) is 4. The van der Waals surface area contributed by atoms with Gasteiger partial charge in [0.05, 0.1) is 6.07 Å². The molecule has 0 bridgehead atoms. The zero-order chi connectivity index (χ0) is 12.3. The zero-order valence-corrected chi connectivity index (χ0v) is 9.91. The first-order chi connectivity index (χ1) is 8.24. The molecule has 0 saturated carbocycles. The van der Waals surface area contributed by atoms with Crippen molar-refractivity contribution in [3.8, 4) is 6.07 Å². The molecule has 5 heteroatoms. The first kappa shape index (κ1) is 11.6. The largest absolute Gasteiger partial charge is 0.325 e. The first-order valence-corrected chi connectivity index (χ1v) is 5.93. The van der Waals surface area contributed by atoms with E-state index in [-0.39, 0.29) is 18.0 Å². The Labute approximate surface area is 101 Å². The molecule has 2 atom stereocenters. The highest BCUT2D eigenvalue weighted by Gasteiger charge is 2.30. The number of nitriles is 1. The predicted octanol–water partition coefficient (Wildman–Crippen LogP) is 1.35. The highest BCUT2D eigenvalue weighted by atomic mass is 16.2. The average molecular weight is 232 g/mol. The summed E-state index contributed by atoms with van der Waals surface area (Å²) >= 11 is 0. The van der Waals surface area contributed by atoms with Gasteiger partial charge in [0.25, 0.3) is 0 Å². The Balaban J connectivity index is 2.11. The molecule has 1 aliphatic rings. The molecule has 1 aliphatic heterocycles. The van der Waals surface area contributed by atoms with Crippen LogP contribution in [0.3, 0.4) is 0 Å². The van der Waals surface area contributed by atoms with Crippen LogP contribution in [-0.4, -0.2) is 33.2 Å². The quantitative estimate of drug-likeness (QED) is 0.773. The van der Waals surface area contributed by atoms with E-state index < -0.39 is 0 Å². The Kier molecular flexibility index (Phi) is 3.43. The van der Waals surface area contributed by atoms with Gasteiger partial charge < -0.3 is 4.90 Å². The van der Waals surface area contributed by atoms with Crippen LogP contribution in [-0.2, 0) is 4.79 Å².